The van der Waals surface area contributed by atoms with E-state index in [1.54, 1.807) is 0 Å². The van der Waals surface area contributed by atoms with Crippen LogP contribution in [0.15, 0.2) is 78.9 Å². The Morgan fingerprint density at radius 3 is 1.94 bits per heavy atom. The molecular weight excluding hydrogens is 442 g/mol. The highest BCUT2D eigenvalue weighted by Crippen LogP contribution is 2.12. The number of aryl methyl sites for hydroxylation is 2. The number of carbonyl (C=O) groups excluding carboxylic acids is 3. The number of hydrogen-bond acceptors (Lipinski definition) is 4. The van der Waals surface area contributed by atoms with Crippen LogP contribution in [0.1, 0.15) is 27.8 Å². The zero-order chi connectivity index (χ0) is 25.2. The molecule has 3 aromatic rings. The van der Waals surface area contributed by atoms with Crippen molar-refractivity contribution in [3.05, 3.63) is 107 Å². The van der Waals surface area contributed by atoms with Crippen molar-refractivity contribution in [1.29, 1.82) is 0 Å². The molecule has 0 heterocycles. The molecule has 0 unspecified atom stereocenters. The summed E-state index contributed by atoms with van der Waals surface area (Å²) in [6.07, 6.45) is -0.254. The maximum absolute atomic E-state index is 13.2. The minimum Gasteiger partial charge on any atom is -0.445 e. The lowest BCUT2D eigenvalue weighted by atomic mass is 9.99. The van der Waals surface area contributed by atoms with Crippen LogP contribution in [0.4, 0.5) is 4.79 Å². The van der Waals surface area contributed by atoms with E-state index in [9.17, 15) is 14.4 Å². The van der Waals surface area contributed by atoms with E-state index in [1.807, 2.05) is 92.7 Å². The van der Waals surface area contributed by atoms with E-state index in [4.69, 9.17) is 10.5 Å². The Morgan fingerprint density at radius 1 is 0.743 bits per heavy atom. The van der Waals surface area contributed by atoms with Crippen molar-refractivity contribution in [2.75, 3.05) is 0 Å². The van der Waals surface area contributed by atoms with E-state index < -0.39 is 30.0 Å². The molecule has 0 saturated heterocycles. The van der Waals surface area contributed by atoms with Gasteiger partial charge in [-0.2, -0.15) is 0 Å². The summed E-state index contributed by atoms with van der Waals surface area (Å²) in [5.74, 6) is -1.17. The van der Waals surface area contributed by atoms with Gasteiger partial charge < -0.3 is 21.1 Å². The van der Waals surface area contributed by atoms with Gasteiger partial charge in [0.25, 0.3) is 0 Å². The van der Waals surface area contributed by atoms with Gasteiger partial charge in [-0.1, -0.05) is 78.9 Å². The maximum atomic E-state index is 13.2. The summed E-state index contributed by atoms with van der Waals surface area (Å²) in [7, 11) is 0. The number of nitrogens with one attached hydrogen (secondary N) is 2. The average molecular weight is 474 g/mol. The van der Waals surface area contributed by atoms with Gasteiger partial charge in [0.05, 0.1) is 0 Å². The quantitative estimate of drug-likeness (QED) is 0.419. The average Bonchev–Trinajstić information content (AvgIpc) is 2.85. The van der Waals surface area contributed by atoms with E-state index in [2.05, 4.69) is 10.6 Å². The number of ether oxygens (including phenoxy) is 1. The molecule has 0 saturated carbocycles. The minimum atomic E-state index is -0.956. The topological polar surface area (TPSA) is 111 Å². The molecule has 0 aliphatic heterocycles. The third-order valence-corrected chi connectivity index (χ3v) is 5.78. The van der Waals surface area contributed by atoms with E-state index in [0.29, 0.717) is 0 Å². The van der Waals surface area contributed by atoms with Crippen molar-refractivity contribution >= 4 is 17.9 Å². The summed E-state index contributed by atoms with van der Waals surface area (Å²) >= 11 is 0. The molecule has 0 bridgehead atoms. The smallest absolute Gasteiger partial charge is 0.408 e. The Balaban J connectivity index is 1.70. The predicted octanol–water partition coefficient (Wildman–Crippen LogP) is 3.35. The summed E-state index contributed by atoms with van der Waals surface area (Å²) in [4.78, 5) is 37.8. The second-order valence-corrected chi connectivity index (χ2v) is 8.53. The number of hydrogen-bond donors (Lipinski definition) is 3. The van der Waals surface area contributed by atoms with Gasteiger partial charge in [0, 0.05) is 12.8 Å². The third-order valence-electron chi connectivity index (χ3n) is 5.78. The Labute approximate surface area is 205 Å². The van der Waals surface area contributed by atoms with E-state index in [-0.39, 0.29) is 19.4 Å². The number of rotatable bonds is 10. The van der Waals surface area contributed by atoms with Gasteiger partial charge in [-0.15, -0.1) is 0 Å². The van der Waals surface area contributed by atoms with Crippen LogP contribution >= 0.6 is 0 Å². The molecular formula is C28H31N3O4. The first-order valence-corrected chi connectivity index (χ1v) is 11.5. The molecule has 3 amide bonds. The van der Waals surface area contributed by atoms with Crippen LogP contribution in [0.2, 0.25) is 0 Å². The summed E-state index contributed by atoms with van der Waals surface area (Å²) in [6.45, 7) is 4.06. The van der Waals surface area contributed by atoms with Gasteiger partial charge in [0.1, 0.15) is 18.7 Å². The molecule has 4 N–H and O–H groups in total. The standard InChI is InChI=1S/C28H31N3O4/c1-19-13-14-23(15-20(19)2)17-24(26(29)32)30-27(33)25(16-21-9-5-3-6-10-21)31-28(34)35-18-22-11-7-4-8-12-22/h3-15,24-25H,16-18H2,1-2H3,(H2,29,32)(H,30,33)(H,31,34)/t24-,25-/m0/s1. The largest absolute Gasteiger partial charge is 0.445 e. The first-order valence-electron chi connectivity index (χ1n) is 11.5. The van der Waals surface area contributed by atoms with Crippen molar-refractivity contribution in [3.63, 3.8) is 0 Å². The molecule has 2 atom stereocenters. The van der Waals surface area contributed by atoms with Crippen LogP contribution in [-0.2, 0) is 33.8 Å². The Morgan fingerprint density at radius 2 is 1.34 bits per heavy atom. The van der Waals surface area contributed by atoms with E-state index >= 15 is 0 Å². The van der Waals surface area contributed by atoms with Crippen LogP contribution in [-0.4, -0.2) is 30.0 Å². The number of carbonyl (C=O) groups is 3. The molecule has 0 fully saturated rings. The highest BCUT2D eigenvalue weighted by Gasteiger charge is 2.27. The normalized spacial score (nSPS) is 12.3. The van der Waals surface area contributed by atoms with Crippen molar-refractivity contribution in [3.8, 4) is 0 Å². The molecule has 0 spiro atoms. The summed E-state index contributed by atoms with van der Waals surface area (Å²) in [5, 5.41) is 5.35. The van der Waals surface area contributed by atoms with Gasteiger partial charge in [-0.3, -0.25) is 9.59 Å². The molecule has 0 aromatic heterocycles. The van der Waals surface area contributed by atoms with Crippen molar-refractivity contribution in [2.45, 2.75) is 45.4 Å². The molecule has 35 heavy (non-hydrogen) atoms. The van der Waals surface area contributed by atoms with Crippen molar-refractivity contribution in [2.24, 2.45) is 5.73 Å². The van der Waals surface area contributed by atoms with Crippen LogP contribution in [0.5, 0.6) is 0 Å². The number of benzene rings is 3. The zero-order valence-corrected chi connectivity index (χ0v) is 20.0. The zero-order valence-electron chi connectivity index (χ0n) is 20.0. The number of alkyl carbamates (subject to hydrolysis) is 1. The van der Waals surface area contributed by atoms with Gasteiger partial charge in [0.2, 0.25) is 11.8 Å². The monoisotopic (exact) mass is 473 g/mol. The fourth-order valence-electron chi connectivity index (χ4n) is 3.63. The summed E-state index contributed by atoms with van der Waals surface area (Å²) < 4.78 is 5.30. The first-order chi connectivity index (χ1) is 16.8. The molecule has 3 rings (SSSR count). The number of amides is 3. The van der Waals surface area contributed by atoms with Crippen molar-refractivity contribution < 1.29 is 19.1 Å². The van der Waals surface area contributed by atoms with Gasteiger partial charge >= 0.3 is 6.09 Å². The molecule has 0 radical (unpaired) electrons. The van der Waals surface area contributed by atoms with Crippen molar-refractivity contribution in [1.82, 2.24) is 10.6 Å². The lowest BCUT2D eigenvalue weighted by molar-refractivity contribution is -0.128. The van der Waals surface area contributed by atoms with Gasteiger partial charge in [-0.25, -0.2) is 4.79 Å². The second-order valence-electron chi connectivity index (χ2n) is 8.53. The van der Waals surface area contributed by atoms with Crippen LogP contribution in [0.25, 0.3) is 0 Å². The highest BCUT2D eigenvalue weighted by atomic mass is 16.5. The highest BCUT2D eigenvalue weighted by molar-refractivity contribution is 5.91. The van der Waals surface area contributed by atoms with E-state index in [0.717, 1.165) is 27.8 Å². The molecule has 3 aromatic carbocycles. The molecule has 182 valence electrons. The van der Waals surface area contributed by atoms with Crippen LogP contribution < -0.4 is 16.4 Å². The number of primary amides is 1. The summed E-state index contributed by atoms with van der Waals surface area (Å²) in [6, 6.07) is 22.5. The lowest BCUT2D eigenvalue weighted by Crippen LogP contribution is -2.54. The Hall–Kier alpha value is -4.13. The molecule has 7 nitrogen and oxygen atoms in total. The van der Waals surface area contributed by atoms with Crippen LogP contribution in [0, 0.1) is 13.8 Å². The molecule has 7 heteroatoms. The molecule has 0 aliphatic rings. The molecule has 0 aliphatic carbocycles. The predicted molar refractivity (Wildman–Crippen MR) is 134 cm³/mol. The Kier molecular flexibility index (Phi) is 9.01. The van der Waals surface area contributed by atoms with Crippen LogP contribution in [0.3, 0.4) is 0 Å². The number of nitrogens with two attached hydrogens (primary N) is 1. The first kappa shape index (κ1) is 25.5. The lowest BCUT2D eigenvalue weighted by Gasteiger charge is -2.22. The van der Waals surface area contributed by atoms with Gasteiger partial charge in [0.15, 0.2) is 0 Å². The fraction of sp³-hybridized carbons (Fsp3) is 0.250. The summed E-state index contributed by atoms with van der Waals surface area (Å²) in [5.41, 5.74) is 10.4. The third kappa shape index (κ3) is 7.99. The van der Waals surface area contributed by atoms with Gasteiger partial charge in [-0.05, 0) is 41.7 Å². The van der Waals surface area contributed by atoms with E-state index in [1.165, 1.54) is 0 Å². The maximum Gasteiger partial charge on any atom is 0.408 e. The second kappa shape index (κ2) is 12.4. The minimum absolute atomic E-state index is 0.0725. The Bertz CT molecular complexity index is 1150. The fourth-order valence-corrected chi connectivity index (χ4v) is 3.63. The SMILES string of the molecule is Cc1ccc(C[C@H](NC(=O)[C@H](Cc2ccccc2)NC(=O)OCc2ccccc2)C(N)=O)cc1C.